The van der Waals surface area contributed by atoms with E-state index in [0.717, 1.165) is 17.7 Å². The smallest absolute Gasteiger partial charge is 0.306 e. The molecule has 1 heterocycles. The average Bonchev–Trinajstić information content (AvgIpc) is 2.66. The maximum atomic E-state index is 13.4. The summed E-state index contributed by atoms with van der Waals surface area (Å²) in [6.45, 7) is 0.235. The number of nitro groups is 1. The van der Waals surface area contributed by atoms with Gasteiger partial charge in [-0.05, 0) is 42.0 Å². The molecule has 0 unspecified atom stereocenters. The van der Waals surface area contributed by atoms with E-state index in [1.807, 2.05) is 0 Å². The van der Waals surface area contributed by atoms with Crippen LogP contribution >= 0.6 is 11.6 Å². The molecule has 0 aliphatic rings. The lowest BCUT2D eigenvalue weighted by Crippen LogP contribution is -2.29. The van der Waals surface area contributed by atoms with Crippen molar-refractivity contribution in [3.8, 4) is 0 Å². The van der Waals surface area contributed by atoms with Crippen molar-refractivity contribution in [2.45, 2.75) is 6.54 Å². The van der Waals surface area contributed by atoms with Gasteiger partial charge >= 0.3 is 5.69 Å². The molecule has 3 rings (SSSR count). The lowest BCUT2D eigenvalue weighted by Gasteiger charge is -2.09. The molecule has 3 aromatic rings. The summed E-state index contributed by atoms with van der Waals surface area (Å²) in [6, 6.07) is 12.7. The Morgan fingerprint density at radius 1 is 1.18 bits per heavy atom. The zero-order chi connectivity index (χ0) is 20.3. The minimum atomic E-state index is -1.02. The number of aromatic nitrogens is 1. The van der Waals surface area contributed by atoms with Crippen molar-refractivity contribution >= 4 is 28.9 Å². The van der Waals surface area contributed by atoms with Crippen LogP contribution < -0.4 is 10.9 Å². The summed E-state index contributed by atoms with van der Waals surface area (Å²) in [7, 11) is 0. The van der Waals surface area contributed by atoms with Gasteiger partial charge in [-0.15, -0.1) is 0 Å². The number of rotatable bonds is 5. The number of anilines is 1. The molecule has 142 valence electrons. The number of amides is 1. The quantitative estimate of drug-likeness (QED) is 0.519. The van der Waals surface area contributed by atoms with Gasteiger partial charge in [0.2, 0.25) is 5.82 Å². The van der Waals surface area contributed by atoms with E-state index in [4.69, 9.17) is 11.6 Å². The van der Waals surface area contributed by atoms with Gasteiger partial charge in [-0.25, -0.2) is 0 Å². The van der Waals surface area contributed by atoms with Gasteiger partial charge < -0.3 is 9.88 Å². The van der Waals surface area contributed by atoms with Gasteiger partial charge in [-0.1, -0.05) is 23.7 Å². The third-order valence-electron chi connectivity index (χ3n) is 3.93. The highest BCUT2D eigenvalue weighted by atomic mass is 35.5. The summed E-state index contributed by atoms with van der Waals surface area (Å²) in [5, 5.41) is 13.8. The molecule has 0 aliphatic carbocycles. The predicted octanol–water partition coefficient (Wildman–Crippen LogP) is 3.85. The summed E-state index contributed by atoms with van der Waals surface area (Å²) in [5.74, 6) is -1.77. The van der Waals surface area contributed by atoms with Gasteiger partial charge in [-0.3, -0.25) is 19.7 Å². The molecule has 0 fully saturated rings. The second-order valence-corrected chi connectivity index (χ2v) is 6.30. The zero-order valence-corrected chi connectivity index (χ0v) is 15.0. The summed E-state index contributed by atoms with van der Waals surface area (Å²) < 4.78 is 14.8. The Balaban J connectivity index is 1.85. The molecule has 0 saturated heterocycles. The van der Waals surface area contributed by atoms with Crippen molar-refractivity contribution in [2.75, 3.05) is 5.32 Å². The molecular weight excluding hydrogens is 389 g/mol. The lowest BCUT2D eigenvalue weighted by atomic mass is 10.2. The van der Waals surface area contributed by atoms with E-state index < -0.39 is 27.9 Å². The van der Waals surface area contributed by atoms with Gasteiger partial charge in [0.1, 0.15) is 5.56 Å². The van der Waals surface area contributed by atoms with Gasteiger partial charge in [0.15, 0.2) is 0 Å². The molecule has 0 radical (unpaired) electrons. The van der Waals surface area contributed by atoms with Crippen molar-refractivity contribution in [2.24, 2.45) is 0 Å². The van der Waals surface area contributed by atoms with Crippen molar-refractivity contribution in [1.82, 2.24) is 4.57 Å². The molecule has 0 aliphatic heterocycles. The Labute approximate surface area is 163 Å². The van der Waals surface area contributed by atoms with Crippen LogP contribution in [0.2, 0.25) is 5.02 Å². The monoisotopic (exact) mass is 401 g/mol. The van der Waals surface area contributed by atoms with E-state index >= 15 is 0 Å². The van der Waals surface area contributed by atoms with Gasteiger partial charge in [-0.2, -0.15) is 4.39 Å². The molecule has 7 nitrogen and oxygen atoms in total. The van der Waals surface area contributed by atoms with E-state index in [1.54, 1.807) is 30.3 Å². The van der Waals surface area contributed by atoms with Crippen molar-refractivity contribution in [3.63, 3.8) is 0 Å². The van der Waals surface area contributed by atoms with Crippen LogP contribution in [0, 0.1) is 15.9 Å². The maximum absolute atomic E-state index is 13.4. The molecule has 9 heteroatoms. The van der Waals surface area contributed by atoms with Crippen LogP contribution in [0.4, 0.5) is 15.8 Å². The summed E-state index contributed by atoms with van der Waals surface area (Å²) in [5.41, 5.74) is -0.634. The number of halogens is 2. The third-order valence-corrected chi connectivity index (χ3v) is 4.18. The SMILES string of the molecule is O=C(Nc1ccc(F)c([N+](=O)[O-])c1)c1cccn(Cc2ccc(Cl)cc2)c1=O. The number of pyridine rings is 1. The second kappa shape index (κ2) is 8.01. The fourth-order valence-electron chi connectivity index (χ4n) is 2.55. The largest absolute Gasteiger partial charge is 0.322 e. The first kappa shape index (κ1) is 19.2. The molecule has 0 atom stereocenters. The molecule has 28 heavy (non-hydrogen) atoms. The summed E-state index contributed by atoms with van der Waals surface area (Å²) in [6.07, 6.45) is 1.54. The van der Waals surface area contributed by atoms with Crippen LogP contribution in [0.25, 0.3) is 0 Å². The first-order chi connectivity index (χ1) is 13.3. The van der Waals surface area contributed by atoms with E-state index in [-0.39, 0.29) is 17.8 Å². The van der Waals surface area contributed by atoms with Crippen LogP contribution in [-0.4, -0.2) is 15.4 Å². The topological polar surface area (TPSA) is 94.2 Å². The van der Waals surface area contributed by atoms with Crippen LogP contribution in [0.1, 0.15) is 15.9 Å². The number of nitrogens with one attached hydrogen (secondary N) is 1. The van der Waals surface area contributed by atoms with Gasteiger partial charge in [0.25, 0.3) is 11.5 Å². The standard InChI is InChI=1S/C19H13ClFN3O4/c20-13-5-3-12(4-6-13)11-23-9-1-2-15(19(23)26)18(25)22-14-7-8-16(21)17(10-14)24(27)28/h1-10H,11H2,(H,22,25). The lowest BCUT2D eigenvalue weighted by molar-refractivity contribution is -0.387. The van der Waals surface area contributed by atoms with Crippen LogP contribution in [-0.2, 0) is 6.54 Å². The minimum Gasteiger partial charge on any atom is -0.322 e. The van der Waals surface area contributed by atoms with Crippen LogP contribution in [0.3, 0.4) is 0 Å². The normalized spacial score (nSPS) is 10.5. The number of benzene rings is 2. The number of carbonyl (C=O) groups excluding carboxylic acids is 1. The number of nitrogens with zero attached hydrogens (tertiary/aromatic N) is 2. The van der Waals surface area contributed by atoms with Crippen LogP contribution in [0.15, 0.2) is 65.6 Å². The fourth-order valence-corrected chi connectivity index (χ4v) is 2.68. The average molecular weight is 402 g/mol. The Morgan fingerprint density at radius 3 is 2.57 bits per heavy atom. The Hall–Kier alpha value is -3.52. The zero-order valence-electron chi connectivity index (χ0n) is 14.3. The Bertz CT molecular complexity index is 1110. The molecule has 2 aromatic carbocycles. The summed E-state index contributed by atoms with van der Waals surface area (Å²) in [4.78, 5) is 35.0. The van der Waals surface area contributed by atoms with E-state index in [9.17, 15) is 24.1 Å². The Morgan fingerprint density at radius 2 is 1.89 bits per heavy atom. The fraction of sp³-hybridized carbons (Fsp3) is 0.0526. The second-order valence-electron chi connectivity index (χ2n) is 5.86. The van der Waals surface area contributed by atoms with Gasteiger partial charge in [0.05, 0.1) is 11.5 Å². The van der Waals surface area contributed by atoms with Crippen molar-refractivity contribution < 1.29 is 14.1 Å². The van der Waals surface area contributed by atoms with Crippen molar-refractivity contribution in [1.29, 1.82) is 0 Å². The molecule has 1 aromatic heterocycles. The summed E-state index contributed by atoms with van der Waals surface area (Å²) >= 11 is 5.84. The molecular formula is C19H13ClFN3O4. The highest BCUT2D eigenvalue weighted by Gasteiger charge is 2.17. The van der Waals surface area contributed by atoms with Gasteiger partial charge in [0, 0.05) is 23.0 Å². The van der Waals surface area contributed by atoms with Crippen molar-refractivity contribution in [3.05, 3.63) is 103 Å². The molecule has 1 amide bonds. The molecule has 0 saturated carbocycles. The highest BCUT2D eigenvalue weighted by Crippen LogP contribution is 2.21. The molecule has 1 N–H and O–H groups in total. The predicted molar refractivity (Wildman–Crippen MR) is 102 cm³/mol. The number of hydrogen-bond acceptors (Lipinski definition) is 4. The molecule has 0 bridgehead atoms. The third kappa shape index (κ3) is 4.24. The maximum Gasteiger partial charge on any atom is 0.306 e. The number of carbonyl (C=O) groups is 1. The highest BCUT2D eigenvalue weighted by molar-refractivity contribution is 6.30. The van der Waals surface area contributed by atoms with Crippen LogP contribution in [0.5, 0.6) is 0 Å². The first-order valence-corrected chi connectivity index (χ1v) is 8.42. The molecule has 0 spiro atoms. The van der Waals surface area contributed by atoms with E-state index in [1.165, 1.54) is 22.9 Å². The Kier molecular flexibility index (Phi) is 5.51. The number of hydrogen-bond donors (Lipinski definition) is 1. The van der Waals surface area contributed by atoms with E-state index in [2.05, 4.69) is 5.32 Å². The number of nitro benzene ring substituents is 1. The van der Waals surface area contributed by atoms with E-state index in [0.29, 0.717) is 5.02 Å². The first-order valence-electron chi connectivity index (χ1n) is 8.04. The minimum absolute atomic E-state index is 0.00519.